The number of methoxy groups -OCH3 is 1. The van der Waals surface area contributed by atoms with E-state index in [0.717, 1.165) is 40.8 Å². The molecule has 5 heterocycles. The first-order valence-electron chi connectivity index (χ1n) is 23.6. The van der Waals surface area contributed by atoms with Crippen LogP contribution in [0, 0.1) is 0 Å². The third kappa shape index (κ3) is 12.0. The summed E-state index contributed by atoms with van der Waals surface area (Å²) in [6, 6.07) is 38.1. The van der Waals surface area contributed by atoms with Gasteiger partial charge in [-0.3, -0.25) is 4.79 Å². The van der Waals surface area contributed by atoms with Gasteiger partial charge in [-0.15, -0.1) is 0 Å². The van der Waals surface area contributed by atoms with Crippen LogP contribution >= 0.6 is 0 Å². The van der Waals surface area contributed by atoms with Gasteiger partial charge in [-0.2, -0.15) is 0 Å². The molecular formula is C54H64O12. The molecule has 4 aromatic carbocycles. The van der Waals surface area contributed by atoms with E-state index in [1.165, 1.54) is 0 Å². The maximum absolute atomic E-state index is 14.3. The van der Waals surface area contributed by atoms with Crippen molar-refractivity contribution in [2.75, 3.05) is 20.3 Å². The summed E-state index contributed by atoms with van der Waals surface area (Å²) in [4.78, 5) is 14.3. The Morgan fingerprint density at radius 2 is 1.24 bits per heavy atom. The summed E-state index contributed by atoms with van der Waals surface area (Å²) in [6.07, 6.45) is 0.723. The molecule has 352 valence electrons. The number of carbonyl (C=O) groups excluding carboxylic acids is 1. The van der Waals surface area contributed by atoms with Gasteiger partial charge in [0.25, 0.3) is 0 Å². The number of rotatable bonds is 16. The van der Waals surface area contributed by atoms with Crippen LogP contribution < -0.4 is 4.74 Å². The van der Waals surface area contributed by atoms with E-state index in [4.69, 9.17) is 52.1 Å². The lowest BCUT2D eigenvalue weighted by Crippen LogP contribution is -2.61. The van der Waals surface area contributed by atoms with E-state index >= 15 is 0 Å². The van der Waals surface area contributed by atoms with E-state index in [-0.39, 0.29) is 37.1 Å². The molecule has 0 aliphatic carbocycles. The highest BCUT2D eigenvalue weighted by molar-refractivity contribution is 5.94. The lowest BCUT2D eigenvalue weighted by atomic mass is 9.88. The molecule has 5 aliphatic rings. The standard InChI is InChI=1S/C54H64O12/c1-54(2)65-46-29-48-52(61-35-50(46)66-54)53(60-32-38-18-11-6-12-19-38)51(59-33-39-22-24-40(56-3)25-23-39)47(64-48)28-45-41(55)26-27-44-43(62-45)21-13-20-42(58-31-37-16-9-5-10-17-37)49(63-44)34-57-30-36-14-7-4-8-15-36/h4-12,14-19,22-27,42-53H,13,20-21,28-35H2,1-3H3/t42-,43+,44-,45-,46-,47+,48-,49+,50+,51+,52-,53-/m0/s1. The first-order chi connectivity index (χ1) is 32.3. The molecule has 0 amide bonds. The molecule has 4 fully saturated rings. The minimum atomic E-state index is -0.843. The predicted octanol–water partition coefficient (Wildman–Crippen LogP) is 8.26. The van der Waals surface area contributed by atoms with Crippen LogP contribution in [0.1, 0.15) is 68.2 Å². The molecule has 0 spiro atoms. The van der Waals surface area contributed by atoms with Crippen LogP contribution in [0.4, 0.5) is 0 Å². The zero-order chi connectivity index (χ0) is 45.3. The average molecular weight is 905 g/mol. The molecule has 12 heteroatoms. The third-order valence-electron chi connectivity index (χ3n) is 13.2. The fraction of sp³-hybridized carbons (Fsp3) is 0.500. The lowest BCUT2D eigenvalue weighted by Gasteiger charge is -2.46. The summed E-state index contributed by atoms with van der Waals surface area (Å²) in [5, 5.41) is 0. The molecule has 12 nitrogen and oxygen atoms in total. The second-order valence-electron chi connectivity index (χ2n) is 18.4. The molecule has 0 radical (unpaired) electrons. The fourth-order valence-electron chi connectivity index (χ4n) is 9.83. The minimum Gasteiger partial charge on any atom is -0.497 e. The minimum absolute atomic E-state index is 0.160. The number of fused-ring (bicyclic) bond motifs is 3. The molecule has 0 aromatic heterocycles. The van der Waals surface area contributed by atoms with Crippen LogP contribution in [0.5, 0.6) is 5.75 Å². The lowest BCUT2D eigenvalue weighted by molar-refractivity contribution is -0.271. The molecule has 4 saturated heterocycles. The zero-order valence-corrected chi connectivity index (χ0v) is 38.2. The molecule has 12 atom stereocenters. The predicted molar refractivity (Wildman–Crippen MR) is 244 cm³/mol. The highest BCUT2D eigenvalue weighted by Gasteiger charge is 2.54. The van der Waals surface area contributed by atoms with Gasteiger partial charge in [-0.05, 0) is 79.6 Å². The summed E-state index contributed by atoms with van der Waals surface area (Å²) >= 11 is 0. The Balaban J connectivity index is 0.959. The Labute approximate surface area is 388 Å². The van der Waals surface area contributed by atoms with Crippen molar-refractivity contribution in [1.82, 2.24) is 0 Å². The van der Waals surface area contributed by atoms with Crippen LogP contribution in [0.15, 0.2) is 127 Å². The van der Waals surface area contributed by atoms with Crippen molar-refractivity contribution in [2.45, 2.75) is 151 Å². The summed E-state index contributed by atoms with van der Waals surface area (Å²) in [6.45, 7) is 5.96. The van der Waals surface area contributed by atoms with E-state index < -0.39 is 60.7 Å². The van der Waals surface area contributed by atoms with Crippen LogP contribution in [0.3, 0.4) is 0 Å². The largest absolute Gasteiger partial charge is 0.497 e. The maximum atomic E-state index is 14.3. The first kappa shape index (κ1) is 46.8. The van der Waals surface area contributed by atoms with Crippen LogP contribution in [-0.4, -0.2) is 105 Å². The number of carbonyl (C=O) groups is 1. The Morgan fingerprint density at radius 1 is 0.621 bits per heavy atom. The van der Waals surface area contributed by atoms with E-state index in [2.05, 4.69) is 12.1 Å². The maximum Gasteiger partial charge on any atom is 0.184 e. The Bertz CT molecular complexity index is 2130. The van der Waals surface area contributed by atoms with Gasteiger partial charge in [-0.1, -0.05) is 103 Å². The first-order valence-corrected chi connectivity index (χ1v) is 23.6. The normalized spacial score (nSPS) is 31.9. The molecule has 0 N–H and O–H groups in total. The highest BCUT2D eigenvalue weighted by atomic mass is 16.8. The molecule has 0 saturated carbocycles. The van der Waals surface area contributed by atoms with Crippen molar-refractivity contribution in [3.8, 4) is 5.75 Å². The summed E-state index contributed by atoms with van der Waals surface area (Å²) in [5.74, 6) is -0.159. The van der Waals surface area contributed by atoms with Crippen molar-refractivity contribution < 1.29 is 56.9 Å². The topological polar surface area (TPSA) is 119 Å². The van der Waals surface area contributed by atoms with Gasteiger partial charge >= 0.3 is 0 Å². The fourth-order valence-corrected chi connectivity index (χ4v) is 9.83. The van der Waals surface area contributed by atoms with Gasteiger partial charge in [0.1, 0.15) is 48.5 Å². The monoisotopic (exact) mass is 904 g/mol. The van der Waals surface area contributed by atoms with Crippen molar-refractivity contribution in [1.29, 1.82) is 0 Å². The molecule has 0 bridgehead atoms. The average Bonchev–Trinajstić information content (AvgIpc) is 3.42. The van der Waals surface area contributed by atoms with Crippen LogP contribution in [0.2, 0.25) is 0 Å². The van der Waals surface area contributed by atoms with Crippen molar-refractivity contribution in [3.63, 3.8) is 0 Å². The van der Waals surface area contributed by atoms with Gasteiger partial charge < -0.3 is 52.1 Å². The number of ketones is 1. The summed E-state index contributed by atoms with van der Waals surface area (Å²) in [7, 11) is 1.65. The van der Waals surface area contributed by atoms with Crippen molar-refractivity contribution in [3.05, 3.63) is 150 Å². The number of hydrogen-bond donors (Lipinski definition) is 0. The van der Waals surface area contributed by atoms with Gasteiger partial charge in [0.2, 0.25) is 0 Å². The molecule has 9 rings (SSSR count). The molecule has 66 heavy (non-hydrogen) atoms. The SMILES string of the molecule is COc1ccc(CO[C@H]2[C@H](OCc3ccccc3)[C@H]3OC[C@H]4OC(C)(C)O[C@H]4C[C@@H]3O[C@@H]2C[C@@H]2O[C@@H]3CCC[C@H](OCc4ccccc4)[C@@H](COCc4ccccc4)O[C@H]3C=CC2=O)cc1. The molecule has 0 unspecified atom stereocenters. The zero-order valence-electron chi connectivity index (χ0n) is 38.2. The number of hydrogen-bond acceptors (Lipinski definition) is 12. The molecular weight excluding hydrogens is 841 g/mol. The van der Waals surface area contributed by atoms with Crippen LogP contribution in [-0.2, 0) is 78.6 Å². The van der Waals surface area contributed by atoms with Gasteiger partial charge in [0.15, 0.2) is 11.6 Å². The van der Waals surface area contributed by atoms with Crippen molar-refractivity contribution in [2.24, 2.45) is 0 Å². The third-order valence-corrected chi connectivity index (χ3v) is 13.2. The Hall–Kier alpha value is -4.31. The smallest absolute Gasteiger partial charge is 0.184 e. The Morgan fingerprint density at radius 3 is 1.92 bits per heavy atom. The van der Waals surface area contributed by atoms with E-state index in [9.17, 15) is 4.79 Å². The van der Waals surface area contributed by atoms with Gasteiger partial charge in [0, 0.05) is 12.8 Å². The molecule has 5 aliphatic heterocycles. The Kier molecular flexibility index (Phi) is 15.7. The highest BCUT2D eigenvalue weighted by Crippen LogP contribution is 2.41. The van der Waals surface area contributed by atoms with E-state index in [1.807, 2.05) is 123 Å². The summed E-state index contributed by atoms with van der Waals surface area (Å²) in [5.41, 5.74) is 4.13. The second-order valence-corrected chi connectivity index (χ2v) is 18.4. The van der Waals surface area contributed by atoms with Crippen LogP contribution in [0.25, 0.3) is 0 Å². The van der Waals surface area contributed by atoms with Gasteiger partial charge in [-0.25, -0.2) is 0 Å². The molecule has 4 aromatic rings. The van der Waals surface area contributed by atoms with Crippen molar-refractivity contribution >= 4 is 5.78 Å². The van der Waals surface area contributed by atoms with E-state index in [0.29, 0.717) is 45.9 Å². The van der Waals surface area contributed by atoms with E-state index in [1.54, 1.807) is 13.2 Å². The summed E-state index contributed by atoms with van der Waals surface area (Å²) < 4.78 is 72.5. The second kappa shape index (κ2) is 22.2. The quantitative estimate of drug-likeness (QED) is 0.108. The number of benzene rings is 4. The van der Waals surface area contributed by atoms with Gasteiger partial charge in [0.05, 0.1) is 77.3 Å². The number of ether oxygens (including phenoxy) is 11.